The molecule has 0 heterocycles. The van der Waals surface area contributed by atoms with E-state index < -0.39 is 10.0 Å². The number of nitrogens with one attached hydrogen (secondary N) is 1. The maximum Gasteiger partial charge on any atom is 0.235 e. The first-order valence-corrected chi connectivity index (χ1v) is 7.83. The largest absolute Gasteiger partial charge is 0.383 e. The summed E-state index contributed by atoms with van der Waals surface area (Å²) in [6, 6.07) is 0. The molecule has 18 heavy (non-hydrogen) atoms. The Hall–Kier alpha value is -0.660. The Bertz CT molecular complexity index is 341. The van der Waals surface area contributed by atoms with Crippen LogP contribution in [0.25, 0.3) is 0 Å². The Labute approximate surface area is 110 Å². The Kier molecular flexibility index (Phi) is 8.13. The van der Waals surface area contributed by atoms with Gasteiger partial charge in [-0.2, -0.15) is 4.31 Å². The second kappa shape index (κ2) is 8.44. The molecule has 0 bridgehead atoms. The van der Waals surface area contributed by atoms with Crippen molar-refractivity contribution in [3.05, 3.63) is 0 Å². The fraction of sp³-hybridized carbons (Fsp3) is 0.909. The summed E-state index contributed by atoms with van der Waals surface area (Å²) in [6.45, 7) is 5.06. The Morgan fingerprint density at radius 1 is 1.39 bits per heavy atom. The van der Waals surface area contributed by atoms with Gasteiger partial charge in [-0.25, -0.2) is 8.42 Å². The average molecular weight is 280 g/mol. The van der Waals surface area contributed by atoms with Crippen LogP contribution in [0, 0.1) is 5.92 Å². The quantitative estimate of drug-likeness (QED) is 0.606. The highest BCUT2D eigenvalue weighted by Crippen LogP contribution is 2.05. The first-order chi connectivity index (χ1) is 8.27. The minimum Gasteiger partial charge on any atom is -0.383 e. The van der Waals surface area contributed by atoms with Crippen LogP contribution in [0.4, 0.5) is 0 Å². The Morgan fingerprint density at radius 2 is 2.00 bits per heavy atom. The van der Waals surface area contributed by atoms with E-state index in [0.29, 0.717) is 25.6 Å². The van der Waals surface area contributed by atoms with Crippen molar-refractivity contribution in [2.75, 3.05) is 39.6 Å². The molecule has 0 saturated carbocycles. The fourth-order valence-corrected chi connectivity index (χ4v) is 2.06. The van der Waals surface area contributed by atoms with Gasteiger partial charge in [0.05, 0.1) is 19.4 Å². The molecule has 0 aliphatic carbocycles. The maximum atomic E-state index is 11.5. The monoisotopic (exact) mass is 280 g/mol. The molecule has 0 saturated heterocycles. The summed E-state index contributed by atoms with van der Waals surface area (Å²) < 4.78 is 29.1. The summed E-state index contributed by atoms with van der Waals surface area (Å²) in [5, 5.41) is 2.60. The molecular weight excluding hydrogens is 256 g/mol. The molecule has 0 spiro atoms. The average Bonchev–Trinajstić information content (AvgIpc) is 2.22. The summed E-state index contributed by atoms with van der Waals surface area (Å²) in [5.41, 5.74) is 0. The van der Waals surface area contributed by atoms with E-state index >= 15 is 0 Å². The van der Waals surface area contributed by atoms with Crippen molar-refractivity contribution in [1.29, 1.82) is 0 Å². The number of rotatable bonds is 9. The van der Waals surface area contributed by atoms with Crippen LogP contribution in [0.15, 0.2) is 0 Å². The number of methoxy groups -OCH3 is 1. The molecule has 0 aliphatic rings. The molecule has 6 nitrogen and oxygen atoms in total. The van der Waals surface area contributed by atoms with Crippen LogP contribution in [-0.2, 0) is 19.6 Å². The van der Waals surface area contributed by atoms with Gasteiger partial charge in [0, 0.05) is 20.2 Å². The summed E-state index contributed by atoms with van der Waals surface area (Å²) in [6.07, 6.45) is 1.86. The van der Waals surface area contributed by atoms with Crippen molar-refractivity contribution >= 4 is 15.9 Å². The summed E-state index contributed by atoms with van der Waals surface area (Å²) >= 11 is 0. The molecule has 0 aromatic heterocycles. The van der Waals surface area contributed by atoms with Gasteiger partial charge in [0.1, 0.15) is 0 Å². The normalized spacial score (nSPS) is 12.1. The van der Waals surface area contributed by atoms with Crippen LogP contribution < -0.4 is 5.32 Å². The van der Waals surface area contributed by atoms with Crippen molar-refractivity contribution in [2.24, 2.45) is 5.92 Å². The molecule has 0 aliphatic heterocycles. The summed E-state index contributed by atoms with van der Waals surface area (Å²) in [4.78, 5) is 11.5. The van der Waals surface area contributed by atoms with Gasteiger partial charge in [0.25, 0.3) is 0 Å². The fourth-order valence-electron chi connectivity index (χ4n) is 1.27. The standard InChI is InChI=1S/C11H24N2O4S/c1-10(2)5-7-13(18(4,15)16)9-11(14)12-6-8-17-3/h10H,5-9H2,1-4H3,(H,12,14). The number of hydrogen-bond acceptors (Lipinski definition) is 4. The van der Waals surface area contributed by atoms with Gasteiger partial charge in [-0.15, -0.1) is 0 Å². The predicted octanol–water partition coefficient (Wildman–Crippen LogP) is 0.0567. The minimum atomic E-state index is -3.34. The topological polar surface area (TPSA) is 75.7 Å². The zero-order valence-corrected chi connectivity index (χ0v) is 12.4. The third-order valence-corrected chi connectivity index (χ3v) is 3.62. The van der Waals surface area contributed by atoms with Crippen molar-refractivity contribution < 1.29 is 17.9 Å². The van der Waals surface area contributed by atoms with Crippen LogP contribution in [0.5, 0.6) is 0 Å². The van der Waals surface area contributed by atoms with Crippen LogP contribution in [-0.4, -0.2) is 58.2 Å². The lowest BCUT2D eigenvalue weighted by molar-refractivity contribution is -0.121. The molecule has 0 aromatic carbocycles. The van der Waals surface area contributed by atoms with E-state index in [1.807, 2.05) is 13.8 Å². The molecule has 1 amide bonds. The third-order valence-electron chi connectivity index (χ3n) is 2.37. The Morgan fingerprint density at radius 3 is 2.44 bits per heavy atom. The van der Waals surface area contributed by atoms with E-state index in [-0.39, 0.29) is 12.5 Å². The molecule has 0 aromatic rings. The number of hydrogen-bond donors (Lipinski definition) is 1. The molecule has 0 radical (unpaired) electrons. The molecule has 1 N–H and O–H groups in total. The third kappa shape index (κ3) is 8.43. The van der Waals surface area contributed by atoms with E-state index in [9.17, 15) is 13.2 Å². The van der Waals surface area contributed by atoms with Crippen molar-refractivity contribution in [1.82, 2.24) is 9.62 Å². The van der Waals surface area contributed by atoms with E-state index in [0.717, 1.165) is 12.7 Å². The highest BCUT2D eigenvalue weighted by molar-refractivity contribution is 7.88. The summed E-state index contributed by atoms with van der Waals surface area (Å²) in [5.74, 6) is 0.0898. The van der Waals surface area contributed by atoms with Gasteiger partial charge >= 0.3 is 0 Å². The van der Waals surface area contributed by atoms with Gasteiger partial charge in [-0.05, 0) is 12.3 Å². The van der Waals surface area contributed by atoms with Crippen LogP contribution in [0.1, 0.15) is 20.3 Å². The zero-order valence-electron chi connectivity index (χ0n) is 11.6. The lowest BCUT2D eigenvalue weighted by Crippen LogP contribution is -2.41. The van der Waals surface area contributed by atoms with Crippen molar-refractivity contribution in [2.45, 2.75) is 20.3 Å². The van der Waals surface area contributed by atoms with Crippen LogP contribution in [0.2, 0.25) is 0 Å². The van der Waals surface area contributed by atoms with Gasteiger partial charge in [0.2, 0.25) is 15.9 Å². The molecule has 7 heteroatoms. The number of nitrogens with zero attached hydrogens (tertiary/aromatic N) is 1. The lowest BCUT2D eigenvalue weighted by Gasteiger charge is -2.20. The number of carbonyl (C=O) groups excluding carboxylic acids is 1. The number of carbonyl (C=O) groups is 1. The van der Waals surface area contributed by atoms with Crippen LogP contribution >= 0.6 is 0 Å². The van der Waals surface area contributed by atoms with Gasteiger partial charge in [0.15, 0.2) is 0 Å². The zero-order chi connectivity index (χ0) is 14.2. The Balaban J connectivity index is 4.28. The maximum absolute atomic E-state index is 11.5. The second-order valence-electron chi connectivity index (χ2n) is 4.62. The van der Waals surface area contributed by atoms with E-state index in [1.54, 1.807) is 0 Å². The van der Waals surface area contributed by atoms with Gasteiger partial charge < -0.3 is 10.1 Å². The molecule has 0 atom stereocenters. The summed E-state index contributed by atoms with van der Waals surface area (Å²) in [7, 11) is -1.81. The highest BCUT2D eigenvalue weighted by Gasteiger charge is 2.19. The molecule has 0 fully saturated rings. The minimum absolute atomic E-state index is 0.130. The number of sulfonamides is 1. The molecular formula is C11H24N2O4S. The van der Waals surface area contributed by atoms with Crippen molar-refractivity contribution in [3.8, 4) is 0 Å². The second-order valence-corrected chi connectivity index (χ2v) is 6.60. The predicted molar refractivity (Wildman–Crippen MR) is 70.8 cm³/mol. The van der Waals surface area contributed by atoms with Gasteiger partial charge in [-0.3, -0.25) is 4.79 Å². The smallest absolute Gasteiger partial charge is 0.235 e. The van der Waals surface area contributed by atoms with Crippen LogP contribution in [0.3, 0.4) is 0 Å². The number of ether oxygens (including phenoxy) is 1. The molecule has 108 valence electrons. The van der Waals surface area contributed by atoms with Crippen molar-refractivity contribution in [3.63, 3.8) is 0 Å². The van der Waals surface area contributed by atoms with E-state index in [1.165, 1.54) is 11.4 Å². The van der Waals surface area contributed by atoms with Gasteiger partial charge in [-0.1, -0.05) is 13.8 Å². The molecule has 0 rings (SSSR count). The molecule has 0 unspecified atom stereocenters. The SMILES string of the molecule is COCCNC(=O)CN(CCC(C)C)S(C)(=O)=O. The highest BCUT2D eigenvalue weighted by atomic mass is 32.2. The van der Waals surface area contributed by atoms with E-state index in [4.69, 9.17) is 4.74 Å². The first kappa shape index (κ1) is 17.3. The number of amides is 1. The van der Waals surface area contributed by atoms with E-state index in [2.05, 4.69) is 5.32 Å². The first-order valence-electron chi connectivity index (χ1n) is 5.98. The lowest BCUT2D eigenvalue weighted by atomic mass is 10.1.